The quantitative estimate of drug-likeness (QED) is 0.843. The number of hydrogen-bond acceptors (Lipinski definition) is 3. The van der Waals surface area contributed by atoms with Crippen LogP contribution in [0.3, 0.4) is 0 Å². The number of hydrogen-bond donors (Lipinski definition) is 2. The van der Waals surface area contributed by atoms with Crippen molar-refractivity contribution < 1.29 is 9.53 Å². The van der Waals surface area contributed by atoms with Gasteiger partial charge in [-0.3, -0.25) is 4.79 Å². The van der Waals surface area contributed by atoms with Crippen LogP contribution in [0.25, 0.3) is 0 Å². The second-order valence-electron chi connectivity index (χ2n) is 4.74. The summed E-state index contributed by atoms with van der Waals surface area (Å²) in [6, 6.07) is 5.83. The SMILES string of the molecule is COc1ccc(C(C)C)cc1NC(=O)C(C)CN. The topological polar surface area (TPSA) is 64.3 Å². The van der Waals surface area contributed by atoms with Crippen LogP contribution in [0, 0.1) is 5.92 Å². The first-order chi connectivity index (χ1) is 8.49. The van der Waals surface area contributed by atoms with Gasteiger partial charge in [0.15, 0.2) is 0 Å². The Morgan fingerprint density at radius 1 is 1.39 bits per heavy atom. The molecule has 1 unspecified atom stereocenters. The molecule has 0 aliphatic rings. The van der Waals surface area contributed by atoms with Crippen LogP contribution < -0.4 is 15.8 Å². The Kier molecular flexibility index (Phi) is 5.16. The fourth-order valence-electron chi connectivity index (χ4n) is 1.55. The Labute approximate surface area is 109 Å². The minimum Gasteiger partial charge on any atom is -0.495 e. The third kappa shape index (κ3) is 3.47. The molecule has 0 aliphatic carbocycles. The maximum absolute atomic E-state index is 11.8. The molecule has 0 saturated carbocycles. The van der Waals surface area contributed by atoms with Crippen molar-refractivity contribution >= 4 is 11.6 Å². The predicted molar refractivity (Wildman–Crippen MR) is 73.9 cm³/mol. The standard InChI is InChI=1S/C14H22N2O2/c1-9(2)11-5-6-13(18-4)12(7-11)16-14(17)10(3)8-15/h5-7,9-10H,8,15H2,1-4H3,(H,16,17). The van der Waals surface area contributed by atoms with Gasteiger partial charge in [-0.2, -0.15) is 0 Å². The van der Waals surface area contributed by atoms with Gasteiger partial charge in [-0.05, 0) is 23.6 Å². The van der Waals surface area contributed by atoms with E-state index >= 15 is 0 Å². The maximum Gasteiger partial charge on any atom is 0.228 e. The predicted octanol–water partition coefficient (Wildman–Crippen LogP) is 2.35. The molecule has 1 rings (SSSR count). The molecule has 0 spiro atoms. The molecule has 0 saturated heterocycles. The van der Waals surface area contributed by atoms with Gasteiger partial charge in [-0.25, -0.2) is 0 Å². The molecule has 1 aromatic carbocycles. The molecule has 1 atom stereocenters. The van der Waals surface area contributed by atoms with Crippen LogP contribution in [0.4, 0.5) is 5.69 Å². The fourth-order valence-corrected chi connectivity index (χ4v) is 1.55. The zero-order valence-corrected chi connectivity index (χ0v) is 11.5. The fraction of sp³-hybridized carbons (Fsp3) is 0.500. The lowest BCUT2D eigenvalue weighted by Crippen LogP contribution is -2.26. The molecule has 4 heteroatoms. The van der Waals surface area contributed by atoms with Crippen LogP contribution in [0.15, 0.2) is 18.2 Å². The van der Waals surface area contributed by atoms with E-state index in [0.29, 0.717) is 23.9 Å². The molecule has 0 heterocycles. The Balaban J connectivity index is 2.98. The van der Waals surface area contributed by atoms with Crippen molar-refractivity contribution in [3.8, 4) is 5.75 Å². The normalized spacial score (nSPS) is 12.3. The number of nitrogens with two attached hydrogens (primary N) is 1. The van der Waals surface area contributed by atoms with Gasteiger partial charge in [-0.1, -0.05) is 26.8 Å². The minimum atomic E-state index is -0.211. The lowest BCUT2D eigenvalue weighted by Gasteiger charge is -2.15. The highest BCUT2D eigenvalue weighted by molar-refractivity contribution is 5.94. The average molecular weight is 250 g/mol. The van der Waals surface area contributed by atoms with Gasteiger partial charge in [0.1, 0.15) is 5.75 Å². The number of methoxy groups -OCH3 is 1. The molecular formula is C14H22N2O2. The summed E-state index contributed by atoms with van der Waals surface area (Å²) in [6.45, 7) is 6.35. The van der Waals surface area contributed by atoms with E-state index in [2.05, 4.69) is 19.2 Å². The van der Waals surface area contributed by atoms with Crippen molar-refractivity contribution in [3.05, 3.63) is 23.8 Å². The highest BCUT2D eigenvalue weighted by atomic mass is 16.5. The lowest BCUT2D eigenvalue weighted by atomic mass is 10.0. The molecule has 3 N–H and O–H groups in total. The largest absolute Gasteiger partial charge is 0.495 e. The van der Waals surface area contributed by atoms with E-state index in [4.69, 9.17) is 10.5 Å². The minimum absolute atomic E-state index is 0.0864. The van der Waals surface area contributed by atoms with Gasteiger partial charge < -0.3 is 15.8 Å². The van der Waals surface area contributed by atoms with Crippen LogP contribution in [0.2, 0.25) is 0 Å². The van der Waals surface area contributed by atoms with Crippen LogP contribution in [0.1, 0.15) is 32.3 Å². The zero-order valence-electron chi connectivity index (χ0n) is 11.5. The van der Waals surface area contributed by atoms with Crippen molar-refractivity contribution in [3.63, 3.8) is 0 Å². The van der Waals surface area contributed by atoms with Gasteiger partial charge in [0, 0.05) is 12.5 Å². The summed E-state index contributed by atoms with van der Waals surface area (Å²) < 4.78 is 5.25. The first-order valence-electron chi connectivity index (χ1n) is 6.18. The molecule has 18 heavy (non-hydrogen) atoms. The molecule has 1 aromatic rings. The average Bonchev–Trinajstić information content (AvgIpc) is 2.37. The summed E-state index contributed by atoms with van der Waals surface area (Å²) in [5, 5.41) is 2.86. The van der Waals surface area contributed by atoms with E-state index < -0.39 is 0 Å². The Bertz CT molecular complexity index is 416. The molecule has 0 bridgehead atoms. The second kappa shape index (κ2) is 6.40. The first-order valence-corrected chi connectivity index (χ1v) is 6.18. The number of nitrogens with one attached hydrogen (secondary N) is 1. The number of benzene rings is 1. The van der Waals surface area contributed by atoms with E-state index in [1.807, 2.05) is 18.2 Å². The van der Waals surface area contributed by atoms with Gasteiger partial charge in [0.25, 0.3) is 0 Å². The number of anilines is 1. The molecule has 1 amide bonds. The zero-order chi connectivity index (χ0) is 13.7. The van der Waals surface area contributed by atoms with Gasteiger partial charge in [-0.15, -0.1) is 0 Å². The van der Waals surface area contributed by atoms with E-state index in [1.165, 1.54) is 0 Å². The molecular weight excluding hydrogens is 228 g/mol. The van der Waals surface area contributed by atoms with E-state index in [1.54, 1.807) is 14.0 Å². The van der Waals surface area contributed by atoms with Crippen molar-refractivity contribution in [2.75, 3.05) is 19.0 Å². The van der Waals surface area contributed by atoms with Crippen LogP contribution in [-0.4, -0.2) is 19.6 Å². The van der Waals surface area contributed by atoms with Crippen molar-refractivity contribution in [1.29, 1.82) is 0 Å². The number of rotatable bonds is 5. The van der Waals surface area contributed by atoms with E-state index in [0.717, 1.165) is 5.56 Å². The van der Waals surface area contributed by atoms with Gasteiger partial charge in [0.05, 0.1) is 12.8 Å². The monoisotopic (exact) mass is 250 g/mol. The van der Waals surface area contributed by atoms with E-state index in [-0.39, 0.29) is 11.8 Å². The maximum atomic E-state index is 11.8. The Hall–Kier alpha value is -1.55. The van der Waals surface area contributed by atoms with Gasteiger partial charge >= 0.3 is 0 Å². The smallest absolute Gasteiger partial charge is 0.228 e. The Morgan fingerprint density at radius 3 is 2.56 bits per heavy atom. The Morgan fingerprint density at radius 2 is 2.06 bits per heavy atom. The van der Waals surface area contributed by atoms with Gasteiger partial charge in [0.2, 0.25) is 5.91 Å². The summed E-state index contributed by atoms with van der Waals surface area (Å²) in [5.74, 6) is 0.768. The third-order valence-electron chi connectivity index (χ3n) is 2.95. The molecule has 0 fully saturated rings. The second-order valence-corrected chi connectivity index (χ2v) is 4.74. The van der Waals surface area contributed by atoms with Crippen LogP contribution in [-0.2, 0) is 4.79 Å². The van der Waals surface area contributed by atoms with E-state index in [9.17, 15) is 4.79 Å². The van der Waals surface area contributed by atoms with Crippen molar-refractivity contribution in [2.45, 2.75) is 26.7 Å². The highest BCUT2D eigenvalue weighted by Gasteiger charge is 2.14. The van der Waals surface area contributed by atoms with Crippen LogP contribution in [0.5, 0.6) is 5.75 Å². The molecule has 0 radical (unpaired) electrons. The summed E-state index contributed by atoms with van der Waals surface area (Å²) in [5.41, 5.74) is 7.34. The molecule has 0 aromatic heterocycles. The summed E-state index contributed by atoms with van der Waals surface area (Å²) >= 11 is 0. The summed E-state index contributed by atoms with van der Waals surface area (Å²) in [4.78, 5) is 11.8. The number of ether oxygens (including phenoxy) is 1. The lowest BCUT2D eigenvalue weighted by molar-refractivity contribution is -0.119. The number of amides is 1. The molecule has 0 aliphatic heterocycles. The first kappa shape index (κ1) is 14.5. The molecule has 4 nitrogen and oxygen atoms in total. The summed E-state index contributed by atoms with van der Waals surface area (Å²) in [7, 11) is 1.59. The van der Waals surface area contributed by atoms with Crippen molar-refractivity contribution in [1.82, 2.24) is 0 Å². The number of carbonyl (C=O) groups excluding carboxylic acids is 1. The summed E-state index contributed by atoms with van der Waals surface area (Å²) in [6.07, 6.45) is 0. The van der Waals surface area contributed by atoms with Crippen LogP contribution >= 0.6 is 0 Å². The third-order valence-corrected chi connectivity index (χ3v) is 2.95. The number of carbonyl (C=O) groups is 1. The molecule has 100 valence electrons. The highest BCUT2D eigenvalue weighted by Crippen LogP contribution is 2.28. The van der Waals surface area contributed by atoms with Crippen molar-refractivity contribution in [2.24, 2.45) is 11.7 Å².